The third-order valence-corrected chi connectivity index (χ3v) is 7.66. The van der Waals surface area contributed by atoms with Crippen LogP contribution in [-0.4, -0.2) is 37.3 Å². The zero-order valence-corrected chi connectivity index (χ0v) is 18.7. The number of sulfonamides is 1. The Bertz CT molecular complexity index is 1120. The molecule has 0 unspecified atom stereocenters. The molecule has 0 aliphatic heterocycles. The fourth-order valence-electron chi connectivity index (χ4n) is 2.46. The van der Waals surface area contributed by atoms with Gasteiger partial charge in [-0.2, -0.15) is 0 Å². The van der Waals surface area contributed by atoms with E-state index >= 15 is 0 Å². The van der Waals surface area contributed by atoms with E-state index in [4.69, 9.17) is 11.6 Å². The fraction of sp³-hybridized carbons (Fsp3) is 0.167. The molecule has 3 rings (SSSR count). The summed E-state index contributed by atoms with van der Waals surface area (Å²) in [4.78, 5) is 12.6. The van der Waals surface area contributed by atoms with Gasteiger partial charge in [-0.3, -0.25) is 14.4 Å². The number of amides is 1. The highest BCUT2D eigenvalue weighted by atomic mass is 35.5. The number of carbonyl (C=O) groups excluding carboxylic acids is 1. The van der Waals surface area contributed by atoms with Crippen LogP contribution in [0.2, 0.25) is 5.02 Å². The van der Waals surface area contributed by atoms with E-state index in [2.05, 4.69) is 15.5 Å². The van der Waals surface area contributed by atoms with E-state index in [0.29, 0.717) is 20.2 Å². The van der Waals surface area contributed by atoms with Gasteiger partial charge < -0.3 is 0 Å². The second-order valence-corrected chi connectivity index (χ2v) is 10.3. The van der Waals surface area contributed by atoms with Gasteiger partial charge in [0.15, 0.2) is 4.34 Å². The Labute approximate surface area is 182 Å². The van der Waals surface area contributed by atoms with Crippen LogP contribution in [0.1, 0.15) is 5.56 Å². The Morgan fingerprint density at radius 3 is 2.55 bits per heavy atom. The van der Waals surface area contributed by atoms with Crippen LogP contribution < -0.4 is 9.62 Å². The van der Waals surface area contributed by atoms with Crippen molar-refractivity contribution in [2.75, 3.05) is 22.4 Å². The number of aromatic nitrogens is 2. The molecule has 0 bridgehead atoms. The van der Waals surface area contributed by atoms with Crippen LogP contribution in [0.3, 0.4) is 0 Å². The summed E-state index contributed by atoms with van der Waals surface area (Å²) in [5, 5.41) is 11.1. The second kappa shape index (κ2) is 9.12. The van der Waals surface area contributed by atoms with Crippen molar-refractivity contribution < 1.29 is 13.2 Å². The minimum atomic E-state index is -4.00. The number of nitrogens with zero attached hydrogens (tertiary/aromatic N) is 3. The third-order valence-electron chi connectivity index (χ3n) is 3.81. The highest BCUT2D eigenvalue weighted by Crippen LogP contribution is 2.26. The summed E-state index contributed by atoms with van der Waals surface area (Å²) in [6.45, 7) is 1.43. The van der Waals surface area contributed by atoms with Gasteiger partial charge in [-0.15, -0.1) is 10.2 Å². The average Bonchev–Trinajstić information content (AvgIpc) is 3.14. The maximum Gasteiger partial charge on any atom is 0.264 e. The first-order chi connectivity index (χ1) is 13.8. The zero-order chi connectivity index (χ0) is 21.0. The first-order valence-corrected chi connectivity index (χ1v) is 12.2. The van der Waals surface area contributed by atoms with Crippen LogP contribution in [0, 0.1) is 6.92 Å². The minimum absolute atomic E-state index is 0.0387. The molecule has 3 aromatic rings. The number of aryl methyl sites for hydroxylation is 1. The highest BCUT2D eigenvalue weighted by molar-refractivity contribution is 8.00. The molecule has 1 aromatic heterocycles. The average molecular weight is 469 g/mol. The molecule has 7 nitrogen and oxygen atoms in total. The maximum absolute atomic E-state index is 13.3. The van der Waals surface area contributed by atoms with Crippen molar-refractivity contribution >= 4 is 61.4 Å². The van der Waals surface area contributed by atoms with E-state index in [9.17, 15) is 13.2 Å². The standard InChI is InChI=1S/C18H17ClN4O3S3/c1-12-4-3-5-14(10-12)23(29(25,26)15-8-6-13(19)7-9-15)11-16(24)20-17-21-22-18(27-2)28-17/h3-10H,11H2,1-2H3,(H,20,21,24). The Morgan fingerprint density at radius 1 is 1.21 bits per heavy atom. The third kappa shape index (κ3) is 5.27. The van der Waals surface area contributed by atoms with Gasteiger partial charge in [-0.25, -0.2) is 8.42 Å². The topological polar surface area (TPSA) is 92.3 Å². The number of nitrogens with one attached hydrogen (secondary N) is 1. The van der Waals surface area contributed by atoms with Crippen molar-refractivity contribution in [2.45, 2.75) is 16.2 Å². The molecule has 0 radical (unpaired) electrons. The van der Waals surface area contributed by atoms with Crippen LogP contribution in [0.15, 0.2) is 57.8 Å². The van der Waals surface area contributed by atoms with Gasteiger partial charge in [0.05, 0.1) is 10.6 Å². The van der Waals surface area contributed by atoms with Crippen LogP contribution in [0.4, 0.5) is 10.8 Å². The number of hydrogen-bond donors (Lipinski definition) is 1. The normalized spacial score (nSPS) is 11.3. The lowest BCUT2D eigenvalue weighted by Gasteiger charge is -2.24. The van der Waals surface area contributed by atoms with E-state index < -0.39 is 22.5 Å². The molecule has 11 heteroatoms. The molecule has 152 valence electrons. The van der Waals surface area contributed by atoms with Gasteiger partial charge >= 0.3 is 0 Å². The number of anilines is 2. The van der Waals surface area contributed by atoms with Crippen LogP contribution >= 0.6 is 34.7 Å². The van der Waals surface area contributed by atoms with Crippen LogP contribution in [0.25, 0.3) is 0 Å². The largest absolute Gasteiger partial charge is 0.299 e. The molecule has 2 aromatic carbocycles. The Hall–Kier alpha value is -2.14. The molecule has 0 fully saturated rings. The summed E-state index contributed by atoms with van der Waals surface area (Å²) >= 11 is 8.51. The van der Waals surface area contributed by atoms with Gasteiger partial charge in [0, 0.05) is 5.02 Å². The van der Waals surface area contributed by atoms with Crippen molar-refractivity contribution in [1.29, 1.82) is 0 Å². The Morgan fingerprint density at radius 2 is 1.93 bits per heavy atom. The number of rotatable bonds is 7. The molecular weight excluding hydrogens is 452 g/mol. The van der Waals surface area contributed by atoms with Crippen molar-refractivity contribution in [2.24, 2.45) is 0 Å². The van der Waals surface area contributed by atoms with Gasteiger partial charge in [0.25, 0.3) is 10.0 Å². The maximum atomic E-state index is 13.3. The molecule has 0 atom stereocenters. The highest BCUT2D eigenvalue weighted by Gasteiger charge is 2.27. The first-order valence-electron chi connectivity index (χ1n) is 8.32. The van der Waals surface area contributed by atoms with Crippen LogP contribution in [0.5, 0.6) is 0 Å². The van der Waals surface area contributed by atoms with E-state index in [1.54, 1.807) is 18.2 Å². The summed E-state index contributed by atoms with van der Waals surface area (Å²) in [6.07, 6.45) is 1.85. The summed E-state index contributed by atoms with van der Waals surface area (Å²) in [7, 11) is -4.00. The summed E-state index contributed by atoms with van der Waals surface area (Å²) in [6, 6.07) is 12.7. The number of benzene rings is 2. The first kappa shape index (κ1) is 21.6. The monoisotopic (exact) mass is 468 g/mol. The van der Waals surface area contributed by atoms with Crippen molar-refractivity contribution in [3.05, 3.63) is 59.1 Å². The van der Waals surface area contributed by atoms with E-state index in [0.717, 1.165) is 9.87 Å². The lowest BCUT2D eigenvalue weighted by molar-refractivity contribution is -0.114. The minimum Gasteiger partial charge on any atom is -0.299 e. The van der Waals surface area contributed by atoms with E-state index in [1.165, 1.54) is 47.4 Å². The summed E-state index contributed by atoms with van der Waals surface area (Å²) in [5.41, 5.74) is 1.25. The van der Waals surface area contributed by atoms with Gasteiger partial charge in [-0.05, 0) is 55.1 Å². The molecule has 1 amide bonds. The van der Waals surface area contributed by atoms with E-state index in [-0.39, 0.29) is 4.90 Å². The molecule has 1 N–H and O–H groups in total. The number of hydrogen-bond acceptors (Lipinski definition) is 7. The van der Waals surface area contributed by atoms with Crippen molar-refractivity contribution in [3.63, 3.8) is 0 Å². The Kier molecular flexibility index (Phi) is 6.78. The van der Waals surface area contributed by atoms with Crippen molar-refractivity contribution in [3.8, 4) is 0 Å². The van der Waals surface area contributed by atoms with Crippen LogP contribution in [-0.2, 0) is 14.8 Å². The predicted molar refractivity (Wildman–Crippen MR) is 117 cm³/mol. The SMILES string of the molecule is CSc1nnc(NC(=O)CN(c2cccc(C)c2)S(=O)(=O)c2ccc(Cl)cc2)s1. The fourth-order valence-corrected chi connectivity index (χ4v) is 5.19. The quantitative estimate of drug-likeness (QED) is 0.415. The number of thioether (sulfide) groups is 1. The molecule has 1 heterocycles. The molecule has 0 aliphatic carbocycles. The lowest BCUT2D eigenvalue weighted by Crippen LogP contribution is -2.38. The zero-order valence-electron chi connectivity index (χ0n) is 15.5. The second-order valence-electron chi connectivity index (χ2n) is 5.93. The molecule has 0 spiro atoms. The lowest BCUT2D eigenvalue weighted by atomic mass is 10.2. The van der Waals surface area contributed by atoms with Crippen molar-refractivity contribution in [1.82, 2.24) is 10.2 Å². The van der Waals surface area contributed by atoms with Gasteiger partial charge in [0.1, 0.15) is 6.54 Å². The van der Waals surface area contributed by atoms with Gasteiger partial charge in [0.2, 0.25) is 11.0 Å². The van der Waals surface area contributed by atoms with E-state index in [1.807, 2.05) is 19.2 Å². The molecular formula is C18H17ClN4O3S3. The molecule has 29 heavy (non-hydrogen) atoms. The Balaban J connectivity index is 1.92. The molecule has 0 aliphatic rings. The molecule has 0 saturated heterocycles. The summed E-state index contributed by atoms with van der Waals surface area (Å²) in [5.74, 6) is -0.521. The smallest absolute Gasteiger partial charge is 0.264 e. The number of carbonyl (C=O) groups is 1. The summed E-state index contributed by atoms with van der Waals surface area (Å²) < 4.78 is 28.3. The predicted octanol–water partition coefficient (Wildman–Crippen LogP) is 4.06. The number of halogens is 1. The van der Waals surface area contributed by atoms with Gasteiger partial charge in [-0.1, -0.05) is 46.8 Å². The molecule has 0 saturated carbocycles.